The van der Waals surface area contributed by atoms with Crippen molar-refractivity contribution in [2.24, 2.45) is 0 Å². The lowest BCUT2D eigenvalue weighted by atomic mass is 10.4. The number of anilines is 1. The zero-order valence-electron chi connectivity index (χ0n) is 8.88. The molecule has 0 aliphatic carbocycles. The summed E-state index contributed by atoms with van der Waals surface area (Å²) in [5, 5.41) is 9.05. The minimum Gasteiger partial charge on any atom is -0.478 e. The van der Waals surface area contributed by atoms with E-state index >= 15 is 0 Å². The van der Waals surface area contributed by atoms with Crippen LogP contribution in [0.3, 0.4) is 0 Å². The highest BCUT2D eigenvalue weighted by Gasteiger charge is 1.98. The maximum atomic E-state index is 5.25. The van der Waals surface area contributed by atoms with Crippen molar-refractivity contribution in [2.45, 2.75) is 13.5 Å². The van der Waals surface area contributed by atoms with Crippen LogP contribution in [0.25, 0.3) is 0 Å². The van der Waals surface area contributed by atoms with Gasteiger partial charge in [-0.15, -0.1) is 5.10 Å². The van der Waals surface area contributed by atoms with E-state index < -0.39 is 0 Å². The SMILES string of the molecule is CCOc1ccc(NCc2csnn2)cn1. The summed E-state index contributed by atoms with van der Waals surface area (Å²) in [6, 6.07) is 3.77. The smallest absolute Gasteiger partial charge is 0.213 e. The van der Waals surface area contributed by atoms with E-state index in [0.717, 1.165) is 11.4 Å². The van der Waals surface area contributed by atoms with Gasteiger partial charge in [0.05, 0.1) is 30.7 Å². The maximum Gasteiger partial charge on any atom is 0.213 e. The van der Waals surface area contributed by atoms with Gasteiger partial charge in [0.2, 0.25) is 5.88 Å². The molecule has 0 spiro atoms. The van der Waals surface area contributed by atoms with Gasteiger partial charge in [-0.05, 0) is 24.5 Å². The lowest BCUT2D eigenvalue weighted by molar-refractivity contribution is 0.327. The van der Waals surface area contributed by atoms with Crippen molar-refractivity contribution in [3.8, 4) is 5.88 Å². The molecule has 1 N–H and O–H groups in total. The fraction of sp³-hybridized carbons (Fsp3) is 0.300. The first kappa shape index (κ1) is 10.8. The second-order valence-corrected chi connectivity index (χ2v) is 3.68. The molecule has 5 nitrogen and oxygen atoms in total. The van der Waals surface area contributed by atoms with Crippen LogP contribution in [0.1, 0.15) is 12.6 Å². The Morgan fingerprint density at radius 3 is 3.00 bits per heavy atom. The third-order valence-corrected chi connectivity index (χ3v) is 2.46. The average Bonchev–Trinajstić information content (AvgIpc) is 2.82. The molecule has 0 radical (unpaired) electrons. The topological polar surface area (TPSA) is 59.9 Å². The fourth-order valence-corrected chi connectivity index (χ4v) is 1.62. The van der Waals surface area contributed by atoms with Crippen LogP contribution in [-0.2, 0) is 6.54 Å². The maximum absolute atomic E-state index is 5.25. The van der Waals surface area contributed by atoms with Gasteiger partial charge in [-0.25, -0.2) is 4.98 Å². The third kappa shape index (κ3) is 2.90. The summed E-state index contributed by atoms with van der Waals surface area (Å²) in [5.74, 6) is 0.642. The van der Waals surface area contributed by atoms with Gasteiger partial charge in [0.15, 0.2) is 0 Å². The van der Waals surface area contributed by atoms with Crippen molar-refractivity contribution in [2.75, 3.05) is 11.9 Å². The predicted molar refractivity (Wildman–Crippen MR) is 62.6 cm³/mol. The number of ether oxygens (including phenoxy) is 1. The van der Waals surface area contributed by atoms with Crippen LogP contribution >= 0.6 is 11.5 Å². The number of pyridine rings is 1. The van der Waals surface area contributed by atoms with Gasteiger partial charge in [-0.1, -0.05) is 4.49 Å². The first-order valence-corrected chi connectivity index (χ1v) is 5.81. The number of nitrogens with one attached hydrogen (secondary N) is 1. The monoisotopic (exact) mass is 236 g/mol. The van der Waals surface area contributed by atoms with E-state index in [1.54, 1.807) is 6.20 Å². The van der Waals surface area contributed by atoms with Crippen molar-refractivity contribution in [1.82, 2.24) is 14.6 Å². The molecule has 84 valence electrons. The Morgan fingerprint density at radius 2 is 2.38 bits per heavy atom. The number of aromatic nitrogens is 3. The molecule has 2 aromatic rings. The molecular weight excluding hydrogens is 224 g/mol. The second kappa shape index (κ2) is 5.41. The van der Waals surface area contributed by atoms with Gasteiger partial charge in [0.25, 0.3) is 0 Å². The van der Waals surface area contributed by atoms with Gasteiger partial charge in [-0.2, -0.15) is 0 Å². The Balaban J connectivity index is 1.90. The first-order chi connectivity index (χ1) is 7.88. The predicted octanol–water partition coefficient (Wildman–Crippen LogP) is 1.94. The van der Waals surface area contributed by atoms with Crippen LogP contribution < -0.4 is 10.1 Å². The molecule has 0 saturated carbocycles. The number of rotatable bonds is 5. The van der Waals surface area contributed by atoms with Crippen LogP contribution in [-0.4, -0.2) is 21.2 Å². The molecule has 0 bridgehead atoms. The van der Waals surface area contributed by atoms with E-state index in [1.807, 2.05) is 24.4 Å². The Labute approximate surface area is 97.7 Å². The first-order valence-electron chi connectivity index (χ1n) is 4.97. The lowest BCUT2D eigenvalue weighted by Gasteiger charge is -2.05. The minimum absolute atomic E-state index is 0.629. The molecule has 0 unspecified atom stereocenters. The molecule has 6 heteroatoms. The van der Waals surface area contributed by atoms with Crippen molar-refractivity contribution in [3.63, 3.8) is 0 Å². The molecule has 0 saturated heterocycles. The Bertz CT molecular complexity index is 415. The molecule has 0 aromatic carbocycles. The fourth-order valence-electron chi connectivity index (χ4n) is 1.17. The highest BCUT2D eigenvalue weighted by molar-refractivity contribution is 7.03. The molecule has 2 rings (SSSR count). The van der Waals surface area contributed by atoms with Crippen LogP contribution in [0, 0.1) is 0 Å². The summed E-state index contributed by atoms with van der Waals surface area (Å²) >= 11 is 1.35. The zero-order valence-corrected chi connectivity index (χ0v) is 9.70. The number of hydrogen-bond donors (Lipinski definition) is 1. The van der Waals surface area contributed by atoms with Crippen molar-refractivity contribution in [1.29, 1.82) is 0 Å². The highest BCUT2D eigenvalue weighted by Crippen LogP contribution is 2.12. The largest absolute Gasteiger partial charge is 0.478 e. The summed E-state index contributed by atoms with van der Waals surface area (Å²) in [6.45, 7) is 3.22. The van der Waals surface area contributed by atoms with E-state index in [1.165, 1.54) is 11.5 Å². The van der Waals surface area contributed by atoms with E-state index in [0.29, 0.717) is 19.0 Å². The van der Waals surface area contributed by atoms with Gasteiger partial charge >= 0.3 is 0 Å². The van der Waals surface area contributed by atoms with Crippen LogP contribution in [0.15, 0.2) is 23.7 Å². The van der Waals surface area contributed by atoms with Crippen LogP contribution in [0.5, 0.6) is 5.88 Å². The summed E-state index contributed by atoms with van der Waals surface area (Å²) in [6.07, 6.45) is 1.74. The van der Waals surface area contributed by atoms with Crippen LogP contribution in [0.2, 0.25) is 0 Å². The normalized spacial score (nSPS) is 10.1. The number of nitrogens with zero attached hydrogens (tertiary/aromatic N) is 3. The second-order valence-electron chi connectivity index (χ2n) is 3.07. The van der Waals surface area contributed by atoms with E-state index in [9.17, 15) is 0 Å². The quantitative estimate of drug-likeness (QED) is 0.859. The van der Waals surface area contributed by atoms with Gasteiger partial charge in [0, 0.05) is 11.4 Å². The highest BCUT2D eigenvalue weighted by atomic mass is 32.1. The van der Waals surface area contributed by atoms with Crippen molar-refractivity contribution >= 4 is 17.2 Å². The Kier molecular flexibility index (Phi) is 3.66. The molecule has 2 heterocycles. The van der Waals surface area contributed by atoms with Gasteiger partial charge < -0.3 is 10.1 Å². The molecule has 0 aliphatic heterocycles. The minimum atomic E-state index is 0.629. The zero-order chi connectivity index (χ0) is 11.2. The standard InChI is InChI=1S/C10H12N4OS/c1-2-15-10-4-3-8(5-12-10)11-6-9-7-16-14-13-9/h3-5,7,11H,2,6H2,1H3. The van der Waals surface area contributed by atoms with E-state index in [4.69, 9.17) is 4.74 Å². The van der Waals surface area contributed by atoms with E-state index in [-0.39, 0.29) is 0 Å². The van der Waals surface area contributed by atoms with E-state index in [2.05, 4.69) is 19.9 Å². The molecule has 0 amide bonds. The van der Waals surface area contributed by atoms with Gasteiger partial charge in [0.1, 0.15) is 0 Å². The molecule has 16 heavy (non-hydrogen) atoms. The number of hydrogen-bond acceptors (Lipinski definition) is 6. The van der Waals surface area contributed by atoms with Crippen molar-refractivity contribution in [3.05, 3.63) is 29.4 Å². The molecule has 0 fully saturated rings. The molecular formula is C10H12N4OS. The Hall–Kier alpha value is -1.69. The summed E-state index contributed by atoms with van der Waals surface area (Å²) in [5.41, 5.74) is 1.87. The third-order valence-electron chi connectivity index (χ3n) is 1.91. The average molecular weight is 236 g/mol. The summed E-state index contributed by atoms with van der Waals surface area (Å²) in [4.78, 5) is 4.15. The van der Waals surface area contributed by atoms with Crippen molar-refractivity contribution < 1.29 is 4.74 Å². The Morgan fingerprint density at radius 1 is 1.44 bits per heavy atom. The molecule has 2 aromatic heterocycles. The molecule has 0 atom stereocenters. The summed E-state index contributed by atoms with van der Waals surface area (Å²) < 4.78 is 9.04. The van der Waals surface area contributed by atoms with Crippen LogP contribution in [0.4, 0.5) is 5.69 Å². The summed E-state index contributed by atoms with van der Waals surface area (Å²) in [7, 11) is 0. The van der Waals surface area contributed by atoms with Gasteiger partial charge in [-0.3, -0.25) is 0 Å². The molecule has 0 aliphatic rings. The lowest BCUT2D eigenvalue weighted by Crippen LogP contribution is -2.01.